The third-order valence-electron chi connectivity index (χ3n) is 4.39. The number of hydrogen-bond donors (Lipinski definition) is 2. The first-order valence-electron chi connectivity index (χ1n) is 8.77. The average Bonchev–Trinajstić information content (AvgIpc) is 2.62. The van der Waals surface area contributed by atoms with Crippen LogP contribution in [0.25, 0.3) is 11.0 Å². The molecule has 0 aliphatic carbocycles. The van der Waals surface area contributed by atoms with Gasteiger partial charge in [0.05, 0.1) is 28.5 Å². The highest BCUT2D eigenvalue weighted by Gasteiger charge is 2.13. The summed E-state index contributed by atoms with van der Waals surface area (Å²) in [5.41, 5.74) is 5.34. The standard InChI is InChI=1S/C21H22N4O2/c1-12-13(2)23-20-11-17(8-9-19(20)22-12)21(27)24-14(3)16-6-5-7-18(10-16)25-15(4)26/h5-11,14H,1-4H3,(H,24,27)(H,25,26). The van der Waals surface area contributed by atoms with Gasteiger partial charge in [-0.3, -0.25) is 9.59 Å². The summed E-state index contributed by atoms with van der Waals surface area (Å²) in [5.74, 6) is -0.319. The quantitative estimate of drug-likeness (QED) is 0.741. The molecule has 0 saturated carbocycles. The van der Waals surface area contributed by atoms with Gasteiger partial charge in [-0.05, 0) is 56.7 Å². The molecule has 6 nitrogen and oxygen atoms in total. The predicted octanol–water partition coefficient (Wildman–Crippen LogP) is 3.70. The number of carbonyl (C=O) groups excluding carboxylic acids is 2. The first-order valence-corrected chi connectivity index (χ1v) is 8.77. The Kier molecular flexibility index (Phi) is 5.16. The van der Waals surface area contributed by atoms with Gasteiger partial charge in [0, 0.05) is 18.2 Å². The topological polar surface area (TPSA) is 84.0 Å². The van der Waals surface area contributed by atoms with Crippen molar-refractivity contribution >= 4 is 28.5 Å². The molecule has 6 heteroatoms. The van der Waals surface area contributed by atoms with Gasteiger partial charge in [-0.15, -0.1) is 0 Å². The minimum atomic E-state index is -0.215. The molecule has 138 valence electrons. The van der Waals surface area contributed by atoms with Crippen LogP contribution >= 0.6 is 0 Å². The molecule has 0 saturated heterocycles. The van der Waals surface area contributed by atoms with Gasteiger partial charge in [-0.2, -0.15) is 0 Å². The third-order valence-corrected chi connectivity index (χ3v) is 4.39. The number of aromatic nitrogens is 2. The van der Waals surface area contributed by atoms with E-state index in [0.717, 1.165) is 22.5 Å². The SMILES string of the molecule is CC(=O)Nc1cccc(C(C)NC(=O)c2ccc3nc(C)c(C)nc3c2)c1. The number of hydrogen-bond acceptors (Lipinski definition) is 4. The van der Waals surface area contributed by atoms with Crippen molar-refractivity contribution in [3.05, 3.63) is 65.0 Å². The van der Waals surface area contributed by atoms with Crippen molar-refractivity contribution < 1.29 is 9.59 Å². The molecule has 0 bridgehead atoms. The van der Waals surface area contributed by atoms with Gasteiger partial charge in [-0.25, -0.2) is 9.97 Å². The zero-order valence-corrected chi connectivity index (χ0v) is 15.8. The van der Waals surface area contributed by atoms with Crippen molar-refractivity contribution in [1.82, 2.24) is 15.3 Å². The lowest BCUT2D eigenvalue weighted by Gasteiger charge is -2.16. The zero-order chi connectivity index (χ0) is 19.6. The van der Waals surface area contributed by atoms with Crippen LogP contribution < -0.4 is 10.6 Å². The van der Waals surface area contributed by atoms with Crippen molar-refractivity contribution in [3.63, 3.8) is 0 Å². The summed E-state index contributed by atoms with van der Waals surface area (Å²) in [6.45, 7) is 7.18. The van der Waals surface area contributed by atoms with Crippen LogP contribution in [0.4, 0.5) is 5.69 Å². The van der Waals surface area contributed by atoms with Gasteiger partial charge in [0.1, 0.15) is 0 Å². The number of aryl methyl sites for hydroxylation is 2. The minimum absolute atomic E-state index is 0.133. The van der Waals surface area contributed by atoms with Gasteiger partial charge >= 0.3 is 0 Å². The molecule has 0 spiro atoms. The van der Waals surface area contributed by atoms with Crippen LogP contribution in [0.2, 0.25) is 0 Å². The summed E-state index contributed by atoms with van der Waals surface area (Å²) in [6, 6.07) is 12.5. The number of anilines is 1. The first kappa shape index (κ1) is 18.5. The Hall–Kier alpha value is -3.28. The molecule has 2 amide bonds. The van der Waals surface area contributed by atoms with E-state index in [4.69, 9.17) is 0 Å². The maximum atomic E-state index is 12.7. The summed E-state index contributed by atoms with van der Waals surface area (Å²) in [6.07, 6.45) is 0. The number of carbonyl (C=O) groups is 2. The number of nitrogens with zero attached hydrogens (tertiary/aromatic N) is 2. The fraction of sp³-hybridized carbons (Fsp3) is 0.238. The maximum Gasteiger partial charge on any atom is 0.251 e. The smallest absolute Gasteiger partial charge is 0.251 e. The highest BCUT2D eigenvalue weighted by molar-refractivity contribution is 5.97. The molecule has 2 aromatic carbocycles. The van der Waals surface area contributed by atoms with E-state index in [9.17, 15) is 9.59 Å². The van der Waals surface area contributed by atoms with Crippen LogP contribution in [-0.2, 0) is 4.79 Å². The normalized spacial score (nSPS) is 11.9. The fourth-order valence-electron chi connectivity index (χ4n) is 2.82. The summed E-state index contributed by atoms with van der Waals surface area (Å²) in [5, 5.41) is 5.73. The summed E-state index contributed by atoms with van der Waals surface area (Å²) < 4.78 is 0. The second-order valence-corrected chi connectivity index (χ2v) is 6.60. The van der Waals surface area contributed by atoms with Crippen LogP contribution in [0, 0.1) is 13.8 Å². The van der Waals surface area contributed by atoms with Crippen molar-refractivity contribution in [2.24, 2.45) is 0 Å². The van der Waals surface area contributed by atoms with Crippen molar-refractivity contribution in [2.45, 2.75) is 33.7 Å². The van der Waals surface area contributed by atoms with Gasteiger partial charge in [0.25, 0.3) is 5.91 Å². The lowest BCUT2D eigenvalue weighted by atomic mass is 10.1. The second-order valence-electron chi connectivity index (χ2n) is 6.60. The summed E-state index contributed by atoms with van der Waals surface area (Å²) >= 11 is 0. The van der Waals surface area contributed by atoms with Crippen LogP contribution in [0.15, 0.2) is 42.5 Å². The van der Waals surface area contributed by atoms with E-state index < -0.39 is 0 Å². The summed E-state index contributed by atoms with van der Waals surface area (Å²) in [4.78, 5) is 32.9. The molecule has 1 atom stereocenters. The van der Waals surface area contributed by atoms with Crippen molar-refractivity contribution in [3.8, 4) is 0 Å². The van der Waals surface area contributed by atoms with Crippen LogP contribution in [0.1, 0.15) is 47.2 Å². The molecule has 3 aromatic rings. The Morgan fingerprint density at radius 1 is 0.963 bits per heavy atom. The Bertz CT molecular complexity index is 1030. The number of rotatable bonds is 4. The van der Waals surface area contributed by atoms with E-state index in [-0.39, 0.29) is 17.9 Å². The van der Waals surface area contributed by atoms with Crippen LogP contribution in [-0.4, -0.2) is 21.8 Å². The van der Waals surface area contributed by atoms with E-state index in [2.05, 4.69) is 20.6 Å². The van der Waals surface area contributed by atoms with Crippen molar-refractivity contribution in [1.29, 1.82) is 0 Å². The Labute approximate surface area is 158 Å². The molecule has 2 N–H and O–H groups in total. The lowest BCUT2D eigenvalue weighted by molar-refractivity contribution is -0.114. The van der Waals surface area contributed by atoms with Crippen LogP contribution in [0.3, 0.4) is 0 Å². The maximum absolute atomic E-state index is 12.7. The number of fused-ring (bicyclic) bond motifs is 1. The van der Waals surface area contributed by atoms with E-state index in [1.54, 1.807) is 12.1 Å². The van der Waals surface area contributed by atoms with Gasteiger partial charge in [-0.1, -0.05) is 12.1 Å². The molecule has 0 radical (unpaired) electrons. The zero-order valence-electron chi connectivity index (χ0n) is 15.8. The van der Waals surface area contributed by atoms with Crippen molar-refractivity contribution in [2.75, 3.05) is 5.32 Å². The van der Waals surface area contributed by atoms with Gasteiger partial charge in [0.15, 0.2) is 0 Å². The Morgan fingerprint density at radius 2 is 1.67 bits per heavy atom. The fourth-order valence-corrected chi connectivity index (χ4v) is 2.82. The van der Waals surface area contributed by atoms with E-state index in [0.29, 0.717) is 16.8 Å². The molecule has 1 unspecified atom stereocenters. The molecule has 0 aliphatic heterocycles. The number of benzene rings is 2. The lowest BCUT2D eigenvalue weighted by Crippen LogP contribution is -2.26. The largest absolute Gasteiger partial charge is 0.346 e. The molecule has 1 heterocycles. The summed E-state index contributed by atoms with van der Waals surface area (Å²) in [7, 11) is 0. The Balaban J connectivity index is 1.79. The molecule has 27 heavy (non-hydrogen) atoms. The third kappa shape index (κ3) is 4.28. The highest BCUT2D eigenvalue weighted by atomic mass is 16.2. The second kappa shape index (κ2) is 7.53. The molecule has 0 fully saturated rings. The first-order chi connectivity index (χ1) is 12.8. The molecular weight excluding hydrogens is 340 g/mol. The Morgan fingerprint density at radius 3 is 2.37 bits per heavy atom. The molecule has 3 rings (SSSR count). The molecular formula is C21H22N4O2. The van der Waals surface area contributed by atoms with Gasteiger partial charge in [0.2, 0.25) is 5.91 Å². The van der Waals surface area contributed by atoms with Crippen LogP contribution in [0.5, 0.6) is 0 Å². The minimum Gasteiger partial charge on any atom is -0.346 e. The van der Waals surface area contributed by atoms with E-state index >= 15 is 0 Å². The predicted molar refractivity (Wildman–Crippen MR) is 106 cm³/mol. The van der Waals surface area contributed by atoms with Gasteiger partial charge < -0.3 is 10.6 Å². The van der Waals surface area contributed by atoms with E-state index in [1.165, 1.54) is 6.92 Å². The number of nitrogens with one attached hydrogen (secondary N) is 2. The van der Waals surface area contributed by atoms with E-state index in [1.807, 2.05) is 51.1 Å². The average molecular weight is 362 g/mol. The molecule has 1 aromatic heterocycles. The molecule has 0 aliphatic rings. The number of amides is 2. The highest BCUT2D eigenvalue weighted by Crippen LogP contribution is 2.19. The monoisotopic (exact) mass is 362 g/mol.